The molecule has 1 aliphatic heterocycles. The van der Waals surface area contributed by atoms with Crippen LogP contribution in [0.2, 0.25) is 0 Å². The molecular formula is C18H12BrN3O7. The van der Waals surface area contributed by atoms with Crippen molar-refractivity contribution >= 4 is 51.2 Å². The molecule has 1 saturated heterocycles. The van der Waals surface area contributed by atoms with Gasteiger partial charge in [0.1, 0.15) is 5.57 Å². The molecule has 1 heterocycles. The maximum Gasteiger partial charge on any atom is 0.341 e. The lowest BCUT2D eigenvalue weighted by molar-refractivity contribution is -0.385. The number of carboxylic acid groups (broad SMARTS) is 1. The minimum atomic E-state index is -1.30. The maximum absolute atomic E-state index is 12.6. The second kappa shape index (κ2) is 8.10. The summed E-state index contributed by atoms with van der Waals surface area (Å²) in [5, 5.41) is 21.1. The van der Waals surface area contributed by atoms with E-state index in [2.05, 4.69) is 21.4 Å². The zero-order valence-electron chi connectivity index (χ0n) is 14.5. The van der Waals surface area contributed by atoms with Gasteiger partial charge >= 0.3 is 11.7 Å². The first-order chi connectivity index (χ1) is 13.8. The number of hydrogen-bond donors (Lipinski definition) is 2. The molecule has 2 aromatic carbocycles. The highest BCUT2D eigenvalue weighted by Crippen LogP contribution is 2.37. The van der Waals surface area contributed by atoms with Crippen molar-refractivity contribution in [3.05, 3.63) is 68.2 Å². The van der Waals surface area contributed by atoms with E-state index < -0.39 is 35.0 Å². The number of anilines is 1. The van der Waals surface area contributed by atoms with Crippen molar-refractivity contribution in [1.29, 1.82) is 0 Å². The Morgan fingerprint density at radius 3 is 2.59 bits per heavy atom. The minimum Gasteiger partial charge on any atom is -0.479 e. The van der Waals surface area contributed by atoms with E-state index in [1.807, 2.05) is 0 Å². The zero-order chi connectivity index (χ0) is 21.1. The number of carbonyl (C=O) groups is 3. The van der Waals surface area contributed by atoms with Gasteiger partial charge in [-0.25, -0.2) is 9.80 Å². The smallest absolute Gasteiger partial charge is 0.341 e. The molecule has 2 amide bonds. The van der Waals surface area contributed by atoms with E-state index in [1.54, 1.807) is 30.3 Å². The Morgan fingerprint density at radius 1 is 1.28 bits per heavy atom. The molecule has 0 aliphatic carbocycles. The average molecular weight is 462 g/mol. The number of para-hydroxylation sites is 1. The number of benzene rings is 2. The van der Waals surface area contributed by atoms with Gasteiger partial charge in [0.2, 0.25) is 5.75 Å². The number of hydrogen-bond acceptors (Lipinski definition) is 6. The second-order valence-corrected chi connectivity index (χ2v) is 6.62. The summed E-state index contributed by atoms with van der Waals surface area (Å²) in [5.41, 5.74) is 2.34. The molecular weight excluding hydrogens is 450 g/mol. The summed E-state index contributed by atoms with van der Waals surface area (Å²) in [4.78, 5) is 46.1. The first-order valence-electron chi connectivity index (χ1n) is 8.02. The van der Waals surface area contributed by atoms with Crippen molar-refractivity contribution in [2.45, 2.75) is 0 Å². The summed E-state index contributed by atoms with van der Waals surface area (Å²) in [6.45, 7) is -0.771. The number of aliphatic carboxylic acids is 1. The third-order valence-corrected chi connectivity index (χ3v) is 4.39. The molecule has 29 heavy (non-hydrogen) atoms. The zero-order valence-corrected chi connectivity index (χ0v) is 16.1. The van der Waals surface area contributed by atoms with E-state index in [0.717, 1.165) is 11.1 Å². The number of hydrazine groups is 1. The highest BCUT2D eigenvalue weighted by molar-refractivity contribution is 9.10. The van der Waals surface area contributed by atoms with Crippen LogP contribution in [0.1, 0.15) is 5.56 Å². The Labute approximate surface area is 171 Å². The van der Waals surface area contributed by atoms with Crippen LogP contribution in [-0.2, 0) is 14.4 Å². The van der Waals surface area contributed by atoms with Crippen molar-refractivity contribution in [1.82, 2.24) is 5.43 Å². The fourth-order valence-electron chi connectivity index (χ4n) is 2.58. The highest BCUT2D eigenvalue weighted by Gasteiger charge is 2.34. The van der Waals surface area contributed by atoms with Gasteiger partial charge in [0.05, 0.1) is 15.1 Å². The van der Waals surface area contributed by atoms with Gasteiger partial charge in [0, 0.05) is 6.07 Å². The van der Waals surface area contributed by atoms with Crippen molar-refractivity contribution in [3.63, 3.8) is 0 Å². The Hall–Kier alpha value is -3.73. The minimum absolute atomic E-state index is 0.102. The maximum atomic E-state index is 12.6. The summed E-state index contributed by atoms with van der Waals surface area (Å²) >= 11 is 3.10. The Bertz CT molecular complexity index is 1050. The number of nitro groups is 1. The molecule has 148 valence electrons. The number of nitrogens with zero attached hydrogens (tertiary/aromatic N) is 2. The second-order valence-electron chi connectivity index (χ2n) is 5.77. The quantitative estimate of drug-likeness (QED) is 0.291. The summed E-state index contributed by atoms with van der Waals surface area (Å²) in [5.74, 6) is -2.85. The third kappa shape index (κ3) is 4.24. The molecule has 0 atom stereocenters. The molecule has 2 N–H and O–H groups in total. The topological polar surface area (TPSA) is 139 Å². The van der Waals surface area contributed by atoms with Gasteiger partial charge in [-0.15, -0.1) is 0 Å². The highest BCUT2D eigenvalue weighted by atomic mass is 79.9. The molecule has 0 radical (unpaired) electrons. The lowest BCUT2D eigenvalue weighted by Gasteiger charge is -2.13. The Kier molecular flexibility index (Phi) is 5.59. The van der Waals surface area contributed by atoms with Gasteiger partial charge in [-0.2, -0.15) is 0 Å². The average Bonchev–Trinajstić information content (AvgIpc) is 2.95. The third-order valence-electron chi connectivity index (χ3n) is 3.80. The van der Waals surface area contributed by atoms with E-state index in [1.165, 1.54) is 12.1 Å². The fourth-order valence-corrected chi connectivity index (χ4v) is 3.16. The van der Waals surface area contributed by atoms with E-state index in [-0.39, 0.29) is 21.4 Å². The normalized spacial score (nSPS) is 14.8. The van der Waals surface area contributed by atoms with Gasteiger partial charge in [-0.3, -0.25) is 25.1 Å². The summed E-state index contributed by atoms with van der Waals surface area (Å²) < 4.78 is 5.07. The largest absolute Gasteiger partial charge is 0.479 e. The van der Waals surface area contributed by atoms with E-state index in [9.17, 15) is 24.5 Å². The Morgan fingerprint density at radius 2 is 1.97 bits per heavy atom. The molecule has 0 unspecified atom stereocenters. The van der Waals surface area contributed by atoms with E-state index >= 15 is 0 Å². The number of carboxylic acids is 1. The van der Waals surface area contributed by atoms with E-state index in [0.29, 0.717) is 5.69 Å². The van der Waals surface area contributed by atoms with Crippen LogP contribution in [0.4, 0.5) is 11.4 Å². The molecule has 0 bridgehead atoms. The molecule has 1 fully saturated rings. The molecule has 0 saturated carbocycles. The number of rotatable bonds is 6. The molecule has 2 aromatic rings. The molecule has 1 aliphatic rings. The summed E-state index contributed by atoms with van der Waals surface area (Å²) in [6, 6.07) is 10.9. The predicted octanol–water partition coefficient (Wildman–Crippen LogP) is 2.28. The first kappa shape index (κ1) is 20.0. The number of nitrogens with one attached hydrogen (secondary N) is 1. The molecule has 10 nitrogen and oxygen atoms in total. The first-order valence-corrected chi connectivity index (χ1v) is 8.82. The summed E-state index contributed by atoms with van der Waals surface area (Å²) in [6.07, 6.45) is 1.21. The van der Waals surface area contributed by atoms with Crippen molar-refractivity contribution in [2.24, 2.45) is 0 Å². The van der Waals surface area contributed by atoms with Crippen molar-refractivity contribution < 1.29 is 29.2 Å². The van der Waals surface area contributed by atoms with Gasteiger partial charge in [0.25, 0.3) is 11.8 Å². The van der Waals surface area contributed by atoms with Crippen LogP contribution >= 0.6 is 15.9 Å². The molecule has 0 aromatic heterocycles. The van der Waals surface area contributed by atoms with Gasteiger partial charge in [-0.1, -0.05) is 18.2 Å². The van der Waals surface area contributed by atoms with E-state index in [4.69, 9.17) is 9.84 Å². The van der Waals surface area contributed by atoms with Crippen LogP contribution in [0.5, 0.6) is 5.75 Å². The molecule has 11 heteroatoms. The van der Waals surface area contributed by atoms with Gasteiger partial charge in [-0.05, 0) is 45.8 Å². The lowest BCUT2D eigenvalue weighted by atomic mass is 10.1. The van der Waals surface area contributed by atoms with Crippen LogP contribution in [0, 0.1) is 10.1 Å². The fraction of sp³-hybridized carbons (Fsp3) is 0.0556. The monoisotopic (exact) mass is 461 g/mol. The lowest BCUT2D eigenvalue weighted by Crippen LogP contribution is -2.35. The number of amides is 2. The molecule has 0 spiro atoms. The van der Waals surface area contributed by atoms with Crippen molar-refractivity contribution in [2.75, 3.05) is 11.6 Å². The predicted molar refractivity (Wildman–Crippen MR) is 104 cm³/mol. The Balaban J connectivity index is 1.97. The van der Waals surface area contributed by atoms with Gasteiger partial charge < -0.3 is 9.84 Å². The number of nitro benzene ring substituents is 1. The SMILES string of the molecule is O=C(O)COc1c(Br)cc(C=C2C(=O)NN(c3ccccc3)C2=O)cc1[N+](=O)[O-]. The number of halogens is 1. The number of ether oxygens (including phenoxy) is 1. The number of carbonyl (C=O) groups excluding carboxylic acids is 2. The van der Waals surface area contributed by atoms with Gasteiger partial charge in [0.15, 0.2) is 6.61 Å². The molecule has 3 rings (SSSR count). The van der Waals surface area contributed by atoms with Crippen LogP contribution in [0.3, 0.4) is 0 Å². The van der Waals surface area contributed by atoms with Crippen LogP contribution in [0.15, 0.2) is 52.5 Å². The van der Waals surface area contributed by atoms with Crippen LogP contribution in [-0.4, -0.2) is 34.4 Å². The summed E-state index contributed by atoms with van der Waals surface area (Å²) in [7, 11) is 0. The van der Waals surface area contributed by atoms with Crippen molar-refractivity contribution in [3.8, 4) is 5.75 Å². The van der Waals surface area contributed by atoms with Crippen LogP contribution in [0.25, 0.3) is 6.08 Å². The van der Waals surface area contributed by atoms with Crippen LogP contribution < -0.4 is 15.2 Å². The standard InChI is InChI=1S/C18H12BrN3O7/c19-13-7-10(8-14(22(27)28)16(13)29-9-15(23)24)6-12-17(25)20-21(18(12)26)11-4-2-1-3-5-11/h1-8H,9H2,(H,20,25)(H,23,24).